The lowest BCUT2D eigenvalue weighted by Gasteiger charge is -2.18. The number of imidazole rings is 1. The van der Waals surface area contributed by atoms with Crippen molar-refractivity contribution < 1.29 is 23.5 Å². The molecule has 2 saturated carbocycles. The minimum atomic E-state index is -1.46. The molecule has 5 heterocycles. The summed E-state index contributed by atoms with van der Waals surface area (Å²) in [5.41, 5.74) is 1.08. The first kappa shape index (κ1) is 25.9. The van der Waals surface area contributed by atoms with E-state index in [-0.39, 0.29) is 42.6 Å². The molecule has 214 valence electrons. The molecule has 1 N–H and O–H groups in total. The highest BCUT2D eigenvalue weighted by atomic mass is 19.1. The number of hydrogen-bond acceptors (Lipinski definition) is 9. The maximum Gasteiger partial charge on any atom is 0.331 e. The third kappa shape index (κ3) is 4.67. The first-order valence-electron chi connectivity index (χ1n) is 13.5. The number of ether oxygens (including phenoxy) is 1. The zero-order valence-corrected chi connectivity index (χ0v) is 22.8. The van der Waals surface area contributed by atoms with Crippen molar-refractivity contribution in [3.8, 4) is 5.75 Å². The van der Waals surface area contributed by atoms with Gasteiger partial charge in [-0.25, -0.2) is 24.1 Å². The van der Waals surface area contributed by atoms with Crippen molar-refractivity contribution in [2.45, 2.75) is 44.4 Å². The van der Waals surface area contributed by atoms with E-state index in [1.54, 1.807) is 35.1 Å². The van der Waals surface area contributed by atoms with Crippen molar-refractivity contribution in [1.82, 2.24) is 34.4 Å². The summed E-state index contributed by atoms with van der Waals surface area (Å²) in [6, 6.07) is 4.48. The fourth-order valence-corrected chi connectivity index (χ4v) is 5.11. The number of hydrogen-bond donors (Lipinski definition) is 1. The number of fused-ring (bicyclic) bond motifs is 1. The molecule has 4 aromatic heterocycles. The lowest BCUT2D eigenvalue weighted by atomic mass is 10.1. The highest BCUT2D eigenvalue weighted by molar-refractivity contribution is 6.13. The summed E-state index contributed by atoms with van der Waals surface area (Å²) in [5.74, 6) is 0.444. The second kappa shape index (κ2) is 9.53. The number of likely N-dealkylation sites (N-methyl/N-ethyl adjacent to an activating group) is 1. The van der Waals surface area contributed by atoms with Crippen molar-refractivity contribution in [3.05, 3.63) is 65.8 Å². The molecule has 7 rings (SSSR count). The fraction of sp³-hybridized carbons (Fsp3) is 0.357. The Bertz CT molecular complexity index is 1770. The van der Waals surface area contributed by atoms with Gasteiger partial charge >= 0.3 is 6.03 Å². The molecular formula is C28H26FN9O4. The van der Waals surface area contributed by atoms with Crippen LogP contribution in [0.3, 0.4) is 0 Å². The largest absolute Gasteiger partial charge is 0.485 e. The maximum absolute atomic E-state index is 15.1. The first-order chi connectivity index (χ1) is 20.2. The standard InChI is InChI=1S/C28H26FN9O4/c1-15-3-6-30-24(32-15)19-9-20(19)26(40)34-22-8-18(10-31-35-22)42-14-17-12-37-11-16(28(29)4-5-28)7-21(25(37)33-17)38-13-23(39)36(2)27(38)41/h3,6-8,10-12,19-20H,4-5,9,13-14H2,1-2H3,(H,34,35,40)/t19-,20-/m0/s1. The van der Waals surface area contributed by atoms with E-state index in [4.69, 9.17) is 4.74 Å². The van der Waals surface area contributed by atoms with Crippen LogP contribution in [-0.4, -0.2) is 65.9 Å². The van der Waals surface area contributed by atoms with E-state index in [0.717, 1.165) is 10.6 Å². The molecule has 0 radical (unpaired) electrons. The number of rotatable bonds is 8. The number of urea groups is 1. The van der Waals surface area contributed by atoms with Gasteiger partial charge in [0.15, 0.2) is 11.5 Å². The molecule has 0 aromatic carbocycles. The molecule has 0 unspecified atom stereocenters. The second-order valence-electron chi connectivity index (χ2n) is 10.9. The molecule has 0 spiro atoms. The van der Waals surface area contributed by atoms with E-state index < -0.39 is 11.7 Å². The zero-order valence-electron chi connectivity index (χ0n) is 22.8. The van der Waals surface area contributed by atoms with E-state index in [1.165, 1.54) is 18.1 Å². The molecule has 42 heavy (non-hydrogen) atoms. The summed E-state index contributed by atoms with van der Waals surface area (Å²) in [6.45, 7) is 1.76. The number of nitrogens with one attached hydrogen (secondary N) is 1. The van der Waals surface area contributed by atoms with Crippen LogP contribution in [0, 0.1) is 12.8 Å². The van der Waals surface area contributed by atoms with Crippen LogP contribution in [0.5, 0.6) is 5.75 Å². The van der Waals surface area contributed by atoms with Crippen LogP contribution in [-0.2, 0) is 21.9 Å². The topological polar surface area (TPSA) is 148 Å². The van der Waals surface area contributed by atoms with Gasteiger partial charge in [0.05, 0.1) is 17.6 Å². The molecular weight excluding hydrogens is 545 g/mol. The lowest BCUT2D eigenvalue weighted by Crippen LogP contribution is -2.30. The lowest BCUT2D eigenvalue weighted by molar-refractivity contribution is -0.124. The number of aromatic nitrogens is 6. The Morgan fingerprint density at radius 2 is 2.05 bits per heavy atom. The summed E-state index contributed by atoms with van der Waals surface area (Å²) in [7, 11) is 1.41. The summed E-state index contributed by atoms with van der Waals surface area (Å²) in [4.78, 5) is 53.4. The van der Waals surface area contributed by atoms with Crippen LogP contribution in [0.25, 0.3) is 5.65 Å². The predicted octanol–water partition coefficient (Wildman–Crippen LogP) is 2.90. The summed E-state index contributed by atoms with van der Waals surface area (Å²) >= 11 is 0. The first-order valence-corrected chi connectivity index (χ1v) is 13.5. The number of alkyl halides is 1. The molecule has 3 aliphatic rings. The highest BCUT2D eigenvalue weighted by Gasteiger charge is 2.47. The van der Waals surface area contributed by atoms with E-state index in [9.17, 15) is 14.4 Å². The number of amides is 4. The van der Waals surface area contributed by atoms with Gasteiger partial charge in [0.25, 0.3) is 0 Å². The minimum absolute atomic E-state index is 0.0263. The fourth-order valence-electron chi connectivity index (χ4n) is 5.11. The van der Waals surface area contributed by atoms with Crippen LogP contribution in [0.2, 0.25) is 0 Å². The van der Waals surface area contributed by atoms with Gasteiger partial charge in [-0.1, -0.05) is 0 Å². The van der Waals surface area contributed by atoms with E-state index in [0.29, 0.717) is 53.4 Å². The Morgan fingerprint density at radius 1 is 1.21 bits per heavy atom. The van der Waals surface area contributed by atoms with E-state index >= 15 is 4.39 Å². The molecule has 1 aliphatic heterocycles. The Balaban J connectivity index is 1.06. The molecule has 1 saturated heterocycles. The molecule has 2 atom stereocenters. The molecule has 4 aromatic rings. The van der Waals surface area contributed by atoms with Crippen LogP contribution >= 0.6 is 0 Å². The minimum Gasteiger partial charge on any atom is -0.485 e. The van der Waals surface area contributed by atoms with Crippen LogP contribution in [0.4, 0.5) is 20.7 Å². The quantitative estimate of drug-likeness (QED) is 0.315. The third-order valence-electron chi connectivity index (χ3n) is 7.80. The number of carbonyl (C=O) groups excluding carboxylic acids is 3. The van der Waals surface area contributed by atoms with Crippen molar-refractivity contribution in [1.29, 1.82) is 0 Å². The molecule has 13 nitrogen and oxygen atoms in total. The number of aryl methyl sites for hydroxylation is 1. The van der Waals surface area contributed by atoms with Crippen LogP contribution in [0.1, 0.15) is 48.0 Å². The molecule has 3 fully saturated rings. The number of imide groups is 1. The summed E-state index contributed by atoms with van der Waals surface area (Å²) in [5, 5.41) is 10.7. The molecule has 0 bridgehead atoms. The average molecular weight is 572 g/mol. The normalized spacial score (nSPS) is 20.7. The monoisotopic (exact) mass is 571 g/mol. The molecule has 2 aliphatic carbocycles. The van der Waals surface area contributed by atoms with Crippen LogP contribution in [0.15, 0.2) is 43.0 Å². The van der Waals surface area contributed by atoms with E-state index in [1.807, 2.05) is 13.0 Å². The zero-order chi connectivity index (χ0) is 29.2. The average Bonchev–Trinajstić information content (AvgIpc) is 3.88. The van der Waals surface area contributed by atoms with Crippen molar-refractivity contribution in [2.75, 3.05) is 23.8 Å². The SMILES string of the molecule is Cc1ccnc([C@H]2C[C@@H]2C(=O)Nc2cc(OCc3cn4cc(C5(F)CC5)cc(N5CC(=O)N(C)C5=O)c4n3)cnn2)n1. The number of pyridine rings is 1. The Hall–Kier alpha value is -5.01. The van der Waals surface area contributed by atoms with Gasteiger partial charge < -0.3 is 14.5 Å². The number of nitrogens with zero attached hydrogens (tertiary/aromatic N) is 8. The van der Waals surface area contributed by atoms with Crippen molar-refractivity contribution >= 4 is 35.0 Å². The van der Waals surface area contributed by atoms with Gasteiger partial charge in [-0.05, 0) is 38.3 Å². The van der Waals surface area contributed by atoms with Crippen LogP contribution < -0.4 is 15.0 Å². The van der Waals surface area contributed by atoms with Crippen molar-refractivity contribution in [2.24, 2.45) is 5.92 Å². The van der Waals surface area contributed by atoms with Gasteiger partial charge in [-0.3, -0.25) is 19.4 Å². The summed E-state index contributed by atoms with van der Waals surface area (Å²) in [6.07, 6.45) is 7.90. The number of anilines is 2. The van der Waals surface area contributed by atoms with Gasteiger partial charge in [0, 0.05) is 54.8 Å². The number of carbonyl (C=O) groups is 3. The smallest absolute Gasteiger partial charge is 0.331 e. The van der Waals surface area contributed by atoms with Gasteiger partial charge in [-0.15, -0.1) is 5.10 Å². The van der Waals surface area contributed by atoms with E-state index in [2.05, 4.69) is 30.5 Å². The van der Waals surface area contributed by atoms with Gasteiger partial charge in [0.1, 0.15) is 30.4 Å². The Morgan fingerprint density at radius 3 is 2.79 bits per heavy atom. The van der Waals surface area contributed by atoms with Gasteiger partial charge in [-0.2, -0.15) is 5.10 Å². The van der Waals surface area contributed by atoms with Gasteiger partial charge in [0.2, 0.25) is 11.8 Å². The Kier molecular flexibility index (Phi) is 5.88. The summed E-state index contributed by atoms with van der Waals surface area (Å²) < 4.78 is 22.6. The second-order valence-corrected chi connectivity index (χ2v) is 10.9. The Labute approximate surface area is 238 Å². The predicted molar refractivity (Wildman–Crippen MR) is 145 cm³/mol. The maximum atomic E-state index is 15.1. The van der Waals surface area contributed by atoms with Crippen molar-refractivity contribution in [3.63, 3.8) is 0 Å². The molecule has 14 heteroatoms. The highest BCUT2D eigenvalue weighted by Crippen LogP contribution is 2.50. The molecule has 4 amide bonds. The third-order valence-corrected chi connectivity index (χ3v) is 7.80. The number of halogens is 1.